The summed E-state index contributed by atoms with van der Waals surface area (Å²) in [6.07, 6.45) is 5.93. The van der Waals surface area contributed by atoms with Gasteiger partial charge in [0.1, 0.15) is 4.90 Å². The van der Waals surface area contributed by atoms with Gasteiger partial charge in [-0.1, -0.05) is 67.4 Å². The van der Waals surface area contributed by atoms with Crippen molar-refractivity contribution in [2.24, 2.45) is 0 Å². The third-order valence-electron chi connectivity index (χ3n) is 3.58. The maximum Gasteiger partial charge on any atom is 0.339 e. The first-order chi connectivity index (χ1) is 12.0. The molecule has 0 N–H and O–H groups in total. The molecule has 0 fully saturated rings. The van der Waals surface area contributed by atoms with E-state index in [4.69, 9.17) is 4.18 Å². The van der Waals surface area contributed by atoms with Crippen molar-refractivity contribution in [2.45, 2.75) is 49.3 Å². The Labute approximate surface area is 155 Å². The standard InChI is InChI=1S/C20H24O3S2/c1-3-4-5-9-12-20(24-18-10-7-6-8-11-18)23-25(21,22)19-15-13-17(2)14-16-19/h6-8,10-16H,3-5,9H2,1-2H3/b20-12-. The lowest BCUT2D eigenvalue weighted by Crippen LogP contribution is -2.05. The van der Waals surface area contributed by atoms with Crippen molar-refractivity contribution < 1.29 is 12.6 Å². The molecule has 0 radical (unpaired) electrons. The molecule has 0 aliphatic heterocycles. The maximum absolute atomic E-state index is 12.6. The van der Waals surface area contributed by atoms with Crippen LogP contribution in [0.4, 0.5) is 0 Å². The number of rotatable bonds is 9. The van der Waals surface area contributed by atoms with Crippen molar-refractivity contribution in [3.05, 3.63) is 71.3 Å². The molecule has 0 amide bonds. The average molecular weight is 377 g/mol. The molecule has 0 aromatic heterocycles. The van der Waals surface area contributed by atoms with Gasteiger partial charge in [-0.05, 0) is 50.1 Å². The number of unbranched alkanes of at least 4 members (excludes halogenated alkanes) is 3. The van der Waals surface area contributed by atoms with Crippen LogP contribution < -0.4 is 0 Å². The summed E-state index contributed by atoms with van der Waals surface area (Å²) in [5.74, 6) is 0. The molecule has 0 saturated heterocycles. The summed E-state index contributed by atoms with van der Waals surface area (Å²) in [6.45, 7) is 4.06. The smallest absolute Gasteiger partial charge is 0.339 e. The number of hydrogen-bond donors (Lipinski definition) is 0. The first-order valence-corrected chi connectivity index (χ1v) is 10.7. The summed E-state index contributed by atoms with van der Waals surface area (Å²) in [5, 5.41) is 0.405. The zero-order valence-corrected chi connectivity index (χ0v) is 16.3. The Morgan fingerprint density at radius 3 is 2.36 bits per heavy atom. The van der Waals surface area contributed by atoms with E-state index in [1.54, 1.807) is 24.3 Å². The second-order valence-corrected chi connectivity index (χ2v) is 8.41. The van der Waals surface area contributed by atoms with E-state index in [1.165, 1.54) is 11.8 Å². The highest BCUT2D eigenvalue weighted by atomic mass is 32.2. The van der Waals surface area contributed by atoms with Crippen LogP contribution in [0.1, 0.15) is 38.2 Å². The van der Waals surface area contributed by atoms with Crippen molar-refractivity contribution in [3.8, 4) is 0 Å². The van der Waals surface area contributed by atoms with Crippen molar-refractivity contribution >= 4 is 21.9 Å². The van der Waals surface area contributed by atoms with Gasteiger partial charge in [-0.25, -0.2) is 0 Å². The normalized spacial score (nSPS) is 12.2. The largest absolute Gasteiger partial charge is 0.372 e. The van der Waals surface area contributed by atoms with Gasteiger partial charge < -0.3 is 4.18 Å². The minimum atomic E-state index is -3.83. The van der Waals surface area contributed by atoms with Crippen LogP contribution in [0.3, 0.4) is 0 Å². The van der Waals surface area contributed by atoms with E-state index < -0.39 is 10.1 Å². The highest BCUT2D eigenvalue weighted by molar-refractivity contribution is 8.03. The molecule has 2 rings (SSSR count). The van der Waals surface area contributed by atoms with Gasteiger partial charge in [-0.15, -0.1) is 0 Å². The molecule has 2 aromatic carbocycles. The number of aryl methyl sites for hydroxylation is 1. The lowest BCUT2D eigenvalue weighted by atomic mass is 10.2. The lowest BCUT2D eigenvalue weighted by Gasteiger charge is -2.11. The molecular formula is C20H24O3S2. The summed E-state index contributed by atoms with van der Waals surface area (Å²) >= 11 is 1.33. The highest BCUT2D eigenvalue weighted by Gasteiger charge is 2.18. The Balaban J connectivity index is 2.17. The van der Waals surface area contributed by atoms with Gasteiger partial charge in [0.15, 0.2) is 5.09 Å². The maximum atomic E-state index is 12.6. The zero-order valence-electron chi connectivity index (χ0n) is 14.6. The van der Waals surface area contributed by atoms with Crippen LogP contribution in [0.5, 0.6) is 0 Å². The fourth-order valence-corrected chi connectivity index (χ4v) is 4.15. The molecule has 0 bridgehead atoms. The topological polar surface area (TPSA) is 43.4 Å². The minimum absolute atomic E-state index is 0.172. The van der Waals surface area contributed by atoms with Gasteiger partial charge in [0.05, 0.1) is 0 Å². The summed E-state index contributed by atoms with van der Waals surface area (Å²) in [6, 6.07) is 16.3. The Bertz CT molecular complexity index is 779. The Hall–Kier alpha value is -1.72. The Morgan fingerprint density at radius 2 is 1.72 bits per heavy atom. The van der Waals surface area contributed by atoms with Gasteiger partial charge >= 0.3 is 10.1 Å². The van der Waals surface area contributed by atoms with Gasteiger partial charge in [-0.2, -0.15) is 8.42 Å². The van der Waals surface area contributed by atoms with Crippen molar-refractivity contribution in [1.29, 1.82) is 0 Å². The number of allylic oxidation sites excluding steroid dienone is 1. The van der Waals surface area contributed by atoms with E-state index >= 15 is 0 Å². The van der Waals surface area contributed by atoms with E-state index in [-0.39, 0.29) is 4.90 Å². The lowest BCUT2D eigenvalue weighted by molar-refractivity contribution is 0.432. The fraction of sp³-hybridized carbons (Fsp3) is 0.300. The van der Waals surface area contributed by atoms with Crippen LogP contribution >= 0.6 is 11.8 Å². The minimum Gasteiger partial charge on any atom is -0.372 e. The van der Waals surface area contributed by atoms with Crippen molar-refractivity contribution in [2.75, 3.05) is 0 Å². The van der Waals surface area contributed by atoms with Crippen LogP contribution in [-0.4, -0.2) is 8.42 Å². The van der Waals surface area contributed by atoms with E-state index in [2.05, 4.69) is 6.92 Å². The molecule has 0 aliphatic rings. The average Bonchev–Trinajstić information content (AvgIpc) is 2.59. The second kappa shape index (κ2) is 9.68. The predicted molar refractivity (Wildman–Crippen MR) is 104 cm³/mol. The summed E-state index contributed by atoms with van der Waals surface area (Å²) < 4.78 is 30.6. The van der Waals surface area contributed by atoms with E-state index in [0.717, 1.165) is 36.1 Å². The highest BCUT2D eigenvalue weighted by Crippen LogP contribution is 2.31. The molecule has 3 nitrogen and oxygen atoms in total. The van der Waals surface area contributed by atoms with Gasteiger partial charge in [0.25, 0.3) is 0 Å². The van der Waals surface area contributed by atoms with E-state index in [0.29, 0.717) is 5.09 Å². The first kappa shape index (κ1) is 19.6. The van der Waals surface area contributed by atoms with Crippen LogP contribution in [0, 0.1) is 6.92 Å². The second-order valence-electron chi connectivity index (χ2n) is 5.78. The molecule has 5 heteroatoms. The monoisotopic (exact) mass is 376 g/mol. The molecule has 134 valence electrons. The summed E-state index contributed by atoms with van der Waals surface area (Å²) in [7, 11) is -3.83. The van der Waals surface area contributed by atoms with Crippen molar-refractivity contribution in [3.63, 3.8) is 0 Å². The van der Waals surface area contributed by atoms with Crippen LogP contribution in [0.2, 0.25) is 0 Å². The first-order valence-electron chi connectivity index (χ1n) is 8.45. The van der Waals surface area contributed by atoms with E-state index in [1.807, 2.05) is 43.3 Å². The SMILES string of the molecule is CCCCC/C=C(/OS(=O)(=O)c1ccc(C)cc1)Sc1ccccc1. The van der Waals surface area contributed by atoms with Crippen LogP contribution in [-0.2, 0) is 14.3 Å². The molecule has 0 saturated carbocycles. The third-order valence-corrected chi connectivity index (χ3v) is 5.89. The molecule has 25 heavy (non-hydrogen) atoms. The summed E-state index contributed by atoms with van der Waals surface area (Å²) in [5.41, 5.74) is 1.01. The Morgan fingerprint density at radius 1 is 1.04 bits per heavy atom. The Kier molecular flexibility index (Phi) is 7.59. The molecule has 0 aliphatic carbocycles. The van der Waals surface area contributed by atoms with Crippen LogP contribution in [0.25, 0.3) is 0 Å². The number of thioether (sulfide) groups is 1. The van der Waals surface area contributed by atoms with Gasteiger partial charge in [-0.3, -0.25) is 0 Å². The third kappa shape index (κ3) is 6.59. The quantitative estimate of drug-likeness (QED) is 0.236. The molecule has 2 aromatic rings. The summed E-state index contributed by atoms with van der Waals surface area (Å²) in [4.78, 5) is 1.12. The van der Waals surface area contributed by atoms with Gasteiger partial charge in [0, 0.05) is 4.90 Å². The molecule has 0 heterocycles. The van der Waals surface area contributed by atoms with Crippen LogP contribution in [0.15, 0.2) is 75.6 Å². The molecule has 0 spiro atoms. The number of benzene rings is 2. The number of hydrogen-bond acceptors (Lipinski definition) is 4. The molecule has 0 atom stereocenters. The molecule has 0 unspecified atom stereocenters. The predicted octanol–water partition coefficient (Wildman–Crippen LogP) is 5.91. The van der Waals surface area contributed by atoms with Crippen molar-refractivity contribution in [1.82, 2.24) is 0 Å². The van der Waals surface area contributed by atoms with Gasteiger partial charge in [0.2, 0.25) is 0 Å². The van der Waals surface area contributed by atoms with E-state index in [9.17, 15) is 8.42 Å². The molecular weight excluding hydrogens is 352 g/mol. The fourth-order valence-electron chi connectivity index (χ4n) is 2.17. The zero-order chi connectivity index (χ0) is 18.1.